The van der Waals surface area contributed by atoms with Crippen LogP contribution in [0, 0.1) is 0 Å². The number of fused-ring (bicyclic) bond motifs is 3. The summed E-state index contributed by atoms with van der Waals surface area (Å²) in [7, 11) is 0. The van der Waals surface area contributed by atoms with E-state index in [4.69, 9.17) is 9.72 Å². The molecule has 0 amide bonds. The van der Waals surface area contributed by atoms with Crippen LogP contribution in [-0.4, -0.2) is 27.4 Å². The van der Waals surface area contributed by atoms with Gasteiger partial charge in [-0.05, 0) is 44.9 Å². The minimum absolute atomic E-state index is 0.240. The Morgan fingerprint density at radius 2 is 2.09 bits per heavy atom. The summed E-state index contributed by atoms with van der Waals surface area (Å²) < 4.78 is 8.60. The van der Waals surface area contributed by atoms with Gasteiger partial charge in [0.2, 0.25) is 0 Å². The lowest BCUT2D eigenvalue weighted by atomic mass is 9.94. The molecular weight excluding hydrogens is 294 g/mol. The Kier molecular flexibility index (Phi) is 3.46. The van der Waals surface area contributed by atoms with Crippen molar-refractivity contribution in [1.82, 2.24) is 14.5 Å². The highest BCUT2D eigenvalue weighted by molar-refractivity contribution is 7.98. The first kappa shape index (κ1) is 14.5. The molecule has 0 radical (unpaired) electrons. The van der Waals surface area contributed by atoms with Crippen LogP contribution in [0.25, 0.3) is 11.0 Å². The van der Waals surface area contributed by atoms with E-state index in [0.717, 1.165) is 23.8 Å². The topological polar surface area (TPSA) is 39.9 Å². The van der Waals surface area contributed by atoms with Gasteiger partial charge >= 0.3 is 0 Å². The average Bonchev–Trinajstić information content (AvgIpc) is 3.12. The van der Waals surface area contributed by atoms with E-state index in [2.05, 4.69) is 23.4 Å². The molecule has 0 unspecified atom stereocenters. The van der Waals surface area contributed by atoms with Crippen LogP contribution >= 0.6 is 11.8 Å². The van der Waals surface area contributed by atoms with Crippen LogP contribution in [0.2, 0.25) is 0 Å². The van der Waals surface area contributed by atoms with Crippen molar-refractivity contribution in [2.45, 2.75) is 62.8 Å². The molecule has 0 saturated heterocycles. The molecule has 0 bridgehead atoms. The zero-order valence-corrected chi connectivity index (χ0v) is 14.4. The first-order valence-corrected chi connectivity index (χ1v) is 9.42. The number of aromatic nitrogens is 3. The van der Waals surface area contributed by atoms with Gasteiger partial charge in [-0.3, -0.25) is 0 Å². The maximum absolute atomic E-state index is 6.10. The maximum atomic E-state index is 6.10. The lowest BCUT2D eigenvalue weighted by Crippen LogP contribution is -2.32. The van der Waals surface area contributed by atoms with Gasteiger partial charge in [-0.1, -0.05) is 24.6 Å². The lowest BCUT2D eigenvalue weighted by molar-refractivity contribution is -0.0377. The molecular formula is C17H23N3OS. The fourth-order valence-corrected chi connectivity index (χ4v) is 4.47. The van der Waals surface area contributed by atoms with Gasteiger partial charge in [0.05, 0.1) is 12.3 Å². The van der Waals surface area contributed by atoms with E-state index >= 15 is 0 Å². The highest BCUT2D eigenvalue weighted by Crippen LogP contribution is 2.43. The summed E-state index contributed by atoms with van der Waals surface area (Å²) in [6, 6.07) is 0.567. The quantitative estimate of drug-likeness (QED) is 0.618. The first-order chi connectivity index (χ1) is 10.6. The van der Waals surface area contributed by atoms with Gasteiger partial charge in [-0.15, -0.1) is 0 Å². The van der Waals surface area contributed by atoms with Crippen molar-refractivity contribution in [2.24, 2.45) is 0 Å². The van der Waals surface area contributed by atoms with Crippen molar-refractivity contribution in [1.29, 1.82) is 0 Å². The molecule has 2 aromatic rings. The zero-order valence-electron chi connectivity index (χ0n) is 13.6. The van der Waals surface area contributed by atoms with Gasteiger partial charge < -0.3 is 9.30 Å². The maximum Gasteiger partial charge on any atom is 0.189 e. The molecule has 1 aliphatic carbocycles. The molecule has 22 heavy (non-hydrogen) atoms. The van der Waals surface area contributed by atoms with Crippen LogP contribution in [0.3, 0.4) is 0 Å². The Hall–Kier alpha value is -1.07. The summed E-state index contributed by atoms with van der Waals surface area (Å²) in [5.74, 6) is 0. The van der Waals surface area contributed by atoms with Crippen LogP contribution in [0.4, 0.5) is 0 Å². The molecule has 2 aliphatic rings. The summed E-state index contributed by atoms with van der Waals surface area (Å²) in [4.78, 5) is 9.39. The van der Waals surface area contributed by atoms with Crippen molar-refractivity contribution in [3.05, 3.63) is 17.5 Å². The van der Waals surface area contributed by atoms with Gasteiger partial charge in [0.15, 0.2) is 5.16 Å². The highest BCUT2D eigenvalue weighted by Gasteiger charge is 2.37. The van der Waals surface area contributed by atoms with Crippen LogP contribution in [-0.2, 0) is 16.8 Å². The average molecular weight is 317 g/mol. The van der Waals surface area contributed by atoms with Crippen LogP contribution in [0.5, 0.6) is 0 Å². The third-order valence-electron chi connectivity index (χ3n) is 5.08. The third kappa shape index (κ3) is 2.09. The fraction of sp³-hybridized carbons (Fsp3) is 0.647. The smallest absolute Gasteiger partial charge is 0.189 e. The van der Waals surface area contributed by atoms with Gasteiger partial charge in [-0.25, -0.2) is 9.97 Å². The Balaban J connectivity index is 2.03. The molecule has 1 aliphatic heterocycles. The van der Waals surface area contributed by atoms with Gasteiger partial charge in [0, 0.05) is 17.6 Å². The molecule has 4 nitrogen and oxygen atoms in total. The summed E-state index contributed by atoms with van der Waals surface area (Å²) in [6.07, 6.45) is 10.2. The second-order valence-corrected chi connectivity index (χ2v) is 7.61. The molecule has 3 heterocycles. The molecule has 5 heteroatoms. The van der Waals surface area contributed by atoms with Crippen LogP contribution < -0.4 is 0 Å². The highest BCUT2D eigenvalue weighted by atomic mass is 32.2. The van der Waals surface area contributed by atoms with Crippen molar-refractivity contribution in [3.8, 4) is 0 Å². The van der Waals surface area contributed by atoms with E-state index in [1.54, 1.807) is 11.8 Å². The number of thioether (sulfide) groups is 1. The summed E-state index contributed by atoms with van der Waals surface area (Å²) >= 11 is 1.61. The molecule has 0 aromatic carbocycles. The van der Waals surface area contributed by atoms with E-state index < -0.39 is 0 Å². The molecule has 0 spiro atoms. The predicted molar refractivity (Wildman–Crippen MR) is 89.5 cm³/mol. The molecule has 2 aromatic heterocycles. The van der Waals surface area contributed by atoms with Crippen molar-refractivity contribution in [2.75, 3.05) is 12.9 Å². The monoisotopic (exact) mass is 317 g/mol. The number of rotatable bonds is 2. The SMILES string of the molecule is CSc1ncc2c3c(n(C4CCCC4)c2n1)C(C)(C)OCC3. The second-order valence-electron chi connectivity index (χ2n) is 6.84. The summed E-state index contributed by atoms with van der Waals surface area (Å²) in [5.41, 5.74) is 3.63. The first-order valence-electron chi connectivity index (χ1n) is 8.20. The predicted octanol–water partition coefficient (Wildman–Crippen LogP) is 4.08. The fourth-order valence-electron chi connectivity index (χ4n) is 4.13. The second kappa shape index (κ2) is 5.24. The molecule has 4 rings (SSSR count). The van der Waals surface area contributed by atoms with E-state index in [9.17, 15) is 0 Å². The Bertz CT molecular complexity index is 716. The summed E-state index contributed by atoms with van der Waals surface area (Å²) in [5, 5.41) is 2.09. The Morgan fingerprint density at radius 1 is 1.32 bits per heavy atom. The lowest BCUT2D eigenvalue weighted by Gasteiger charge is -2.34. The standard InChI is InChI=1S/C17H23N3OS/c1-17(2)14-12(8-9-21-17)13-10-18-16(22-3)19-15(13)20(14)11-6-4-5-7-11/h10-11H,4-9H2,1-3H3. The van der Waals surface area contributed by atoms with Crippen molar-refractivity contribution >= 4 is 22.8 Å². The van der Waals surface area contributed by atoms with Crippen LogP contribution in [0.1, 0.15) is 56.8 Å². The number of hydrogen-bond donors (Lipinski definition) is 0. The van der Waals surface area contributed by atoms with Gasteiger partial charge in [-0.2, -0.15) is 0 Å². The van der Waals surface area contributed by atoms with E-state index in [1.807, 2.05) is 12.5 Å². The normalized spacial score (nSPS) is 21.4. The largest absolute Gasteiger partial charge is 0.369 e. The van der Waals surface area contributed by atoms with Crippen molar-refractivity contribution in [3.63, 3.8) is 0 Å². The van der Waals surface area contributed by atoms with E-state index in [0.29, 0.717) is 6.04 Å². The summed E-state index contributed by atoms with van der Waals surface area (Å²) in [6.45, 7) is 5.17. The Morgan fingerprint density at radius 3 is 2.82 bits per heavy atom. The molecule has 0 atom stereocenters. The zero-order chi connectivity index (χ0) is 15.3. The number of nitrogens with zero attached hydrogens (tertiary/aromatic N) is 3. The molecule has 0 N–H and O–H groups in total. The van der Waals surface area contributed by atoms with Crippen LogP contribution in [0.15, 0.2) is 11.4 Å². The van der Waals surface area contributed by atoms with E-state index in [-0.39, 0.29) is 5.60 Å². The van der Waals surface area contributed by atoms with Gasteiger partial charge in [0.25, 0.3) is 0 Å². The van der Waals surface area contributed by atoms with Crippen molar-refractivity contribution < 1.29 is 4.74 Å². The third-order valence-corrected chi connectivity index (χ3v) is 5.65. The Labute approximate surface area is 135 Å². The minimum Gasteiger partial charge on any atom is -0.369 e. The number of ether oxygens (including phenoxy) is 1. The minimum atomic E-state index is -0.240. The molecule has 1 fully saturated rings. The molecule has 118 valence electrons. The van der Waals surface area contributed by atoms with Gasteiger partial charge in [0.1, 0.15) is 11.2 Å². The van der Waals surface area contributed by atoms with E-state index in [1.165, 1.54) is 42.3 Å². The number of hydrogen-bond acceptors (Lipinski definition) is 4. The molecule has 1 saturated carbocycles.